The quantitative estimate of drug-likeness (QED) is 0.830. The van der Waals surface area contributed by atoms with Gasteiger partial charge in [-0.3, -0.25) is 0 Å². The summed E-state index contributed by atoms with van der Waals surface area (Å²) in [5.41, 5.74) is -3.01. The third-order valence-electron chi connectivity index (χ3n) is 2.07. The third kappa shape index (κ3) is 2.38. The lowest BCUT2D eigenvalue weighted by atomic mass is 9.96. The van der Waals surface area contributed by atoms with Gasteiger partial charge < -0.3 is 10.2 Å². The molecule has 0 saturated heterocycles. The van der Waals surface area contributed by atoms with E-state index in [0.717, 1.165) is 0 Å². The van der Waals surface area contributed by atoms with Gasteiger partial charge in [0, 0.05) is 10.9 Å². The van der Waals surface area contributed by atoms with Crippen molar-refractivity contribution in [1.82, 2.24) is 0 Å². The molecule has 0 aliphatic rings. The number of carboxylic acid groups (broad SMARTS) is 2. The molecule has 0 spiro atoms. The van der Waals surface area contributed by atoms with Gasteiger partial charge in [-0.15, -0.1) is 0 Å². The third-order valence-corrected chi connectivity index (χ3v) is 2.84. The molecule has 1 aromatic rings. The Bertz CT molecular complexity index is 419. The second-order valence-corrected chi connectivity index (χ2v) is 4.03. The fraction of sp³-hybridized carbons (Fsp3) is 0.200. The molecule has 0 amide bonds. The maximum atomic E-state index is 13.7. The van der Waals surface area contributed by atoms with Crippen LogP contribution in [0.2, 0.25) is 0 Å². The van der Waals surface area contributed by atoms with Crippen molar-refractivity contribution in [2.45, 2.75) is 12.1 Å². The van der Waals surface area contributed by atoms with Crippen molar-refractivity contribution in [2.75, 3.05) is 0 Å². The molecule has 16 heavy (non-hydrogen) atoms. The predicted molar refractivity (Wildman–Crippen MR) is 57.0 cm³/mol. The molecule has 4 nitrogen and oxygen atoms in total. The van der Waals surface area contributed by atoms with E-state index in [1.54, 1.807) is 18.2 Å². The van der Waals surface area contributed by atoms with Crippen LogP contribution in [0.3, 0.4) is 0 Å². The predicted octanol–water partition coefficient (Wildman–Crippen LogP) is 1.87. The molecule has 0 fully saturated rings. The van der Waals surface area contributed by atoms with Gasteiger partial charge in [0.05, 0.1) is 0 Å². The Labute approximate surface area is 98.8 Å². The summed E-state index contributed by atoms with van der Waals surface area (Å²) in [5, 5.41) is 17.2. The number of hydrogen-bond donors (Lipinski definition) is 2. The van der Waals surface area contributed by atoms with E-state index < -0.39 is 24.0 Å². The van der Waals surface area contributed by atoms with Crippen molar-refractivity contribution < 1.29 is 24.2 Å². The van der Waals surface area contributed by atoms with Crippen LogP contribution in [0.25, 0.3) is 0 Å². The second kappa shape index (κ2) is 4.61. The van der Waals surface area contributed by atoms with E-state index in [9.17, 15) is 14.0 Å². The Hall–Kier alpha value is -1.43. The van der Waals surface area contributed by atoms with Gasteiger partial charge in [-0.2, -0.15) is 0 Å². The monoisotopic (exact) mass is 290 g/mol. The first-order valence-corrected chi connectivity index (χ1v) is 5.06. The maximum Gasteiger partial charge on any atom is 0.353 e. The highest BCUT2D eigenvalue weighted by atomic mass is 79.9. The van der Waals surface area contributed by atoms with Crippen molar-refractivity contribution in [1.29, 1.82) is 0 Å². The van der Waals surface area contributed by atoms with Gasteiger partial charge in [0.2, 0.25) is 0 Å². The molecular formula is C10H8BrFO4. The molecule has 1 rings (SSSR count). The minimum atomic E-state index is -3.30. The van der Waals surface area contributed by atoms with Crippen molar-refractivity contribution in [3.8, 4) is 0 Å². The zero-order chi connectivity index (χ0) is 12.3. The van der Waals surface area contributed by atoms with E-state index in [4.69, 9.17) is 10.2 Å². The molecule has 0 unspecified atom stereocenters. The van der Waals surface area contributed by atoms with Crippen LogP contribution in [-0.2, 0) is 16.0 Å². The second-order valence-electron chi connectivity index (χ2n) is 3.18. The van der Waals surface area contributed by atoms with Gasteiger partial charge >= 0.3 is 17.6 Å². The Morgan fingerprint density at radius 3 is 2.19 bits per heavy atom. The van der Waals surface area contributed by atoms with Crippen LogP contribution in [0, 0.1) is 0 Å². The Morgan fingerprint density at radius 2 is 1.75 bits per heavy atom. The van der Waals surface area contributed by atoms with E-state index in [2.05, 4.69) is 15.9 Å². The normalized spacial score (nSPS) is 11.1. The molecule has 0 atom stereocenters. The molecule has 0 aliphatic carbocycles. The number of rotatable bonds is 4. The van der Waals surface area contributed by atoms with Gasteiger partial charge in [-0.25, -0.2) is 14.0 Å². The van der Waals surface area contributed by atoms with E-state index >= 15 is 0 Å². The molecule has 1 aromatic carbocycles. The summed E-state index contributed by atoms with van der Waals surface area (Å²) in [5.74, 6) is -4.01. The average molecular weight is 291 g/mol. The molecule has 0 saturated carbocycles. The number of carbonyl (C=O) groups is 2. The van der Waals surface area contributed by atoms with Crippen LogP contribution in [0.4, 0.5) is 4.39 Å². The molecule has 0 bridgehead atoms. The molecule has 86 valence electrons. The summed E-state index contributed by atoms with van der Waals surface area (Å²) in [6, 6.07) is 6.28. The number of benzene rings is 1. The zero-order valence-corrected chi connectivity index (χ0v) is 9.57. The minimum Gasteiger partial charge on any atom is -0.478 e. The molecule has 6 heteroatoms. The first-order valence-electron chi connectivity index (χ1n) is 4.27. The molecular weight excluding hydrogens is 283 g/mol. The zero-order valence-electron chi connectivity index (χ0n) is 7.98. The Morgan fingerprint density at radius 1 is 1.25 bits per heavy atom. The van der Waals surface area contributed by atoms with E-state index in [1.165, 1.54) is 6.07 Å². The van der Waals surface area contributed by atoms with Crippen LogP contribution in [0.5, 0.6) is 0 Å². The fourth-order valence-corrected chi connectivity index (χ4v) is 1.57. The van der Waals surface area contributed by atoms with Crippen LogP contribution in [-0.4, -0.2) is 27.8 Å². The van der Waals surface area contributed by atoms with Gasteiger partial charge in [0.25, 0.3) is 0 Å². The fourth-order valence-electron chi connectivity index (χ4n) is 1.15. The number of alkyl halides is 1. The number of carboxylic acids is 2. The highest BCUT2D eigenvalue weighted by Crippen LogP contribution is 2.24. The minimum absolute atomic E-state index is 0.287. The highest BCUT2D eigenvalue weighted by molar-refractivity contribution is 9.10. The van der Waals surface area contributed by atoms with Crippen molar-refractivity contribution >= 4 is 27.9 Å². The summed E-state index contributed by atoms with van der Waals surface area (Å²) in [7, 11) is 0. The SMILES string of the molecule is O=C(O)C(F)(Cc1ccccc1Br)C(=O)O. The summed E-state index contributed by atoms with van der Waals surface area (Å²) < 4.78 is 14.2. The molecule has 0 radical (unpaired) electrons. The number of aliphatic carboxylic acids is 2. The van der Waals surface area contributed by atoms with E-state index in [0.29, 0.717) is 4.47 Å². The van der Waals surface area contributed by atoms with Crippen molar-refractivity contribution in [3.63, 3.8) is 0 Å². The molecule has 2 N–H and O–H groups in total. The number of halogens is 2. The lowest BCUT2D eigenvalue weighted by Gasteiger charge is -2.16. The topological polar surface area (TPSA) is 74.6 Å². The lowest BCUT2D eigenvalue weighted by molar-refractivity contribution is -0.166. The number of hydrogen-bond acceptors (Lipinski definition) is 2. The largest absolute Gasteiger partial charge is 0.478 e. The van der Waals surface area contributed by atoms with Gasteiger partial charge in [-0.05, 0) is 11.6 Å². The molecule has 0 aromatic heterocycles. The molecule has 0 heterocycles. The molecule has 0 aliphatic heterocycles. The Balaban J connectivity index is 3.07. The summed E-state index contributed by atoms with van der Waals surface area (Å²) in [6.07, 6.45) is -0.723. The van der Waals surface area contributed by atoms with Gasteiger partial charge in [0.15, 0.2) is 0 Å². The van der Waals surface area contributed by atoms with Crippen molar-refractivity contribution in [2.24, 2.45) is 0 Å². The van der Waals surface area contributed by atoms with Crippen LogP contribution in [0.1, 0.15) is 5.56 Å². The van der Waals surface area contributed by atoms with Crippen LogP contribution in [0.15, 0.2) is 28.7 Å². The summed E-state index contributed by atoms with van der Waals surface area (Å²) in [4.78, 5) is 21.2. The first kappa shape index (κ1) is 12.6. The maximum absolute atomic E-state index is 13.7. The smallest absolute Gasteiger partial charge is 0.353 e. The lowest BCUT2D eigenvalue weighted by Crippen LogP contribution is -2.44. The average Bonchev–Trinajstić information content (AvgIpc) is 2.20. The first-order chi connectivity index (χ1) is 7.38. The standard InChI is InChI=1S/C10H8BrFO4/c11-7-4-2-1-3-6(7)5-10(12,8(13)14)9(15)16/h1-4H,5H2,(H,13,14)(H,15,16). The highest BCUT2D eigenvalue weighted by Gasteiger charge is 2.47. The van der Waals surface area contributed by atoms with Gasteiger partial charge in [0.1, 0.15) is 0 Å². The van der Waals surface area contributed by atoms with Crippen LogP contribution >= 0.6 is 15.9 Å². The summed E-state index contributed by atoms with van der Waals surface area (Å²) >= 11 is 3.09. The van der Waals surface area contributed by atoms with E-state index in [1.807, 2.05) is 0 Å². The summed E-state index contributed by atoms with van der Waals surface area (Å²) in [6.45, 7) is 0. The van der Waals surface area contributed by atoms with Crippen molar-refractivity contribution in [3.05, 3.63) is 34.3 Å². The van der Waals surface area contributed by atoms with Crippen LogP contribution < -0.4 is 0 Å². The Kier molecular flexibility index (Phi) is 3.64. The van der Waals surface area contributed by atoms with Gasteiger partial charge in [-0.1, -0.05) is 34.1 Å². The van der Waals surface area contributed by atoms with E-state index in [-0.39, 0.29) is 5.56 Å².